The standard InChI is InChI=1S/C17H19N3/c1-3-12-6-9-16-15(10-12)19-17(20(16)2)11-13-4-7-14(18)8-5-13/h4-10H,3,11,18H2,1-2H3. The zero-order valence-electron chi connectivity index (χ0n) is 11.9. The lowest BCUT2D eigenvalue weighted by Gasteiger charge is -2.03. The van der Waals surface area contributed by atoms with Crippen molar-refractivity contribution in [2.75, 3.05) is 5.73 Å². The quantitative estimate of drug-likeness (QED) is 0.738. The third kappa shape index (κ3) is 2.27. The summed E-state index contributed by atoms with van der Waals surface area (Å²) < 4.78 is 2.17. The van der Waals surface area contributed by atoms with Crippen molar-refractivity contribution in [2.45, 2.75) is 19.8 Å². The molecule has 0 unspecified atom stereocenters. The number of aromatic nitrogens is 2. The minimum Gasteiger partial charge on any atom is -0.399 e. The van der Waals surface area contributed by atoms with Crippen molar-refractivity contribution in [3.8, 4) is 0 Å². The van der Waals surface area contributed by atoms with Crippen LogP contribution in [-0.4, -0.2) is 9.55 Å². The molecule has 1 heterocycles. The summed E-state index contributed by atoms with van der Waals surface area (Å²) in [6.07, 6.45) is 1.87. The van der Waals surface area contributed by atoms with Crippen molar-refractivity contribution >= 4 is 16.7 Å². The lowest BCUT2D eigenvalue weighted by atomic mass is 10.1. The first kappa shape index (κ1) is 12.7. The fraction of sp³-hybridized carbons (Fsp3) is 0.235. The van der Waals surface area contributed by atoms with Gasteiger partial charge in [0.05, 0.1) is 11.0 Å². The molecule has 0 fully saturated rings. The second-order valence-electron chi connectivity index (χ2n) is 5.18. The van der Waals surface area contributed by atoms with E-state index < -0.39 is 0 Å². The van der Waals surface area contributed by atoms with Crippen LogP contribution in [0, 0.1) is 0 Å². The molecule has 0 radical (unpaired) electrons. The van der Waals surface area contributed by atoms with Gasteiger partial charge in [0.15, 0.2) is 0 Å². The maximum absolute atomic E-state index is 5.72. The highest BCUT2D eigenvalue weighted by molar-refractivity contribution is 5.77. The van der Waals surface area contributed by atoms with Crippen molar-refractivity contribution in [3.05, 3.63) is 59.4 Å². The third-order valence-electron chi connectivity index (χ3n) is 3.79. The molecule has 0 bridgehead atoms. The lowest BCUT2D eigenvalue weighted by Crippen LogP contribution is -1.99. The molecule has 2 N–H and O–H groups in total. The third-order valence-corrected chi connectivity index (χ3v) is 3.79. The van der Waals surface area contributed by atoms with Crippen LogP contribution >= 0.6 is 0 Å². The monoisotopic (exact) mass is 265 g/mol. The van der Waals surface area contributed by atoms with Crippen LogP contribution < -0.4 is 5.73 Å². The number of rotatable bonds is 3. The van der Waals surface area contributed by atoms with Gasteiger partial charge in [-0.15, -0.1) is 0 Å². The molecule has 1 aromatic heterocycles. The Hall–Kier alpha value is -2.29. The van der Waals surface area contributed by atoms with E-state index in [1.807, 2.05) is 12.1 Å². The van der Waals surface area contributed by atoms with Gasteiger partial charge >= 0.3 is 0 Å². The lowest BCUT2D eigenvalue weighted by molar-refractivity contribution is 0.845. The first-order valence-electron chi connectivity index (χ1n) is 6.96. The van der Waals surface area contributed by atoms with Gasteiger partial charge in [-0.1, -0.05) is 25.1 Å². The molecule has 2 aromatic carbocycles. The van der Waals surface area contributed by atoms with Gasteiger partial charge in [-0.05, 0) is 41.8 Å². The first-order chi connectivity index (χ1) is 9.67. The van der Waals surface area contributed by atoms with Gasteiger partial charge in [0.2, 0.25) is 0 Å². The topological polar surface area (TPSA) is 43.8 Å². The molecule has 0 spiro atoms. The Kier molecular flexibility index (Phi) is 3.18. The molecule has 0 saturated heterocycles. The molecule has 0 saturated carbocycles. The van der Waals surface area contributed by atoms with Crippen LogP contribution in [0.5, 0.6) is 0 Å². The zero-order chi connectivity index (χ0) is 14.1. The highest BCUT2D eigenvalue weighted by atomic mass is 15.1. The van der Waals surface area contributed by atoms with Crippen molar-refractivity contribution in [1.82, 2.24) is 9.55 Å². The number of imidazole rings is 1. The first-order valence-corrected chi connectivity index (χ1v) is 6.96. The highest BCUT2D eigenvalue weighted by Crippen LogP contribution is 2.19. The number of anilines is 1. The number of nitrogen functional groups attached to an aromatic ring is 1. The summed E-state index contributed by atoms with van der Waals surface area (Å²) >= 11 is 0. The number of benzene rings is 2. The van der Waals surface area contributed by atoms with Gasteiger partial charge in [-0.3, -0.25) is 0 Å². The van der Waals surface area contributed by atoms with E-state index in [1.165, 1.54) is 16.6 Å². The Labute approximate surface area is 119 Å². The van der Waals surface area contributed by atoms with Crippen LogP contribution in [0.1, 0.15) is 23.9 Å². The van der Waals surface area contributed by atoms with Crippen LogP contribution in [0.4, 0.5) is 5.69 Å². The van der Waals surface area contributed by atoms with Crippen molar-refractivity contribution in [2.24, 2.45) is 7.05 Å². The van der Waals surface area contributed by atoms with E-state index >= 15 is 0 Å². The Morgan fingerprint density at radius 1 is 1.05 bits per heavy atom. The summed E-state index contributed by atoms with van der Waals surface area (Å²) in [5, 5.41) is 0. The molecule has 3 rings (SSSR count). The average Bonchev–Trinajstić information content (AvgIpc) is 2.77. The highest BCUT2D eigenvalue weighted by Gasteiger charge is 2.08. The smallest absolute Gasteiger partial charge is 0.114 e. The van der Waals surface area contributed by atoms with E-state index in [2.05, 4.69) is 48.9 Å². The second kappa shape index (κ2) is 5.00. The summed E-state index contributed by atoms with van der Waals surface area (Å²) in [4.78, 5) is 4.77. The molecular formula is C17H19N3. The summed E-state index contributed by atoms with van der Waals surface area (Å²) in [5.41, 5.74) is 11.3. The van der Waals surface area contributed by atoms with Crippen LogP contribution in [0.2, 0.25) is 0 Å². The maximum atomic E-state index is 5.72. The Balaban J connectivity index is 1.99. The summed E-state index contributed by atoms with van der Waals surface area (Å²) in [7, 11) is 2.08. The van der Waals surface area contributed by atoms with Crippen LogP contribution in [0.25, 0.3) is 11.0 Å². The van der Waals surface area contributed by atoms with Gasteiger partial charge in [0.1, 0.15) is 5.82 Å². The molecule has 0 aliphatic carbocycles. The van der Waals surface area contributed by atoms with Crippen LogP contribution in [0.15, 0.2) is 42.5 Å². The van der Waals surface area contributed by atoms with E-state index in [0.717, 1.165) is 29.9 Å². The van der Waals surface area contributed by atoms with Crippen molar-refractivity contribution in [1.29, 1.82) is 0 Å². The van der Waals surface area contributed by atoms with Gasteiger partial charge in [0, 0.05) is 19.2 Å². The largest absolute Gasteiger partial charge is 0.399 e. The Bertz CT molecular complexity index is 739. The molecule has 0 amide bonds. The molecule has 3 heteroatoms. The minimum absolute atomic E-state index is 0.798. The van der Waals surface area contributed by atoms with E-state index in [-0.39, 0.29) is 0 Å². The molecule has 0 atom stereocenters. The van der Waals surface area contributed by atoms with E-state index in [9.17, 15) is 0 Å². The minimum atomic E-state index is 0.798. The number of hydrogen-bond donors (Lipinski definition) is 1. The molecule has 20 heavy (non-hydrogen) atoms. The van der Waals surface area contributed by atoms with Gasteiger partial charge in [-0.2, -0.15) is 0 Å². The van der Waals surface area contributed by atoms with E-state index in [0.29, 0.717) is 0 Å². The maximum Gasteiger partial charge on any atom is 0.114 e. The van der Waals surface area contributed by atoms with Crippen LogP contribution in [0.3, 0.4) is 0 Å². The van der Waals surface area contributed by atoms with Gasteiger partial charge < -0.3 is 10.3 Å². The number of aryl methyl sites for hydroxylation is 2. The number of fused-ring (bicyclic) bond motifs is 1. The molecule has 3 aromatic rings. The average molecular weight is 265 g/mol. The predicted molar refractivity (Wildman–Crippen MR) is 83.8 cm³/mol. The second-order valence-corrected chi connectivity index (χ2v) is 5.18. The normalized spacial score (nSPS) is 11.1. The molecule has 0 aliphatic heterocycles. The number of nitrogens with two attached hydrogens (primary N) is 1. The molecule has 0 aliphatic rings. The number of hydrogen-bond acceptors (Lipinski definition) is 2. The number of nitrogens with zero attached hydrogens (tertiary/aromatic N) is 2. The van der Waals surface area contributed by atoms with Crippen LogP contribution in [-0.2, 0) is 19.9 Å². The molecule has 102 valence electrons. The SMILES string of the molecule is CCc1ccc2c(c1)nc(Cc1ccc(N)cc1)n2C. The van der Waals surface area contributed by atoms with E-state index in [1.54, 1.807) is 0 Å². The fourth-order valence-corrected chi connectivity index (χ4v) is 2.49. The Morgan fingerprint density at radius 3 is 2.45 bits per heavy atom. The summed E-state index contributed by atoms with van der Waals surface area (Å²) in [6, 6.07) is 14.5. The fourth-order valence-electron chi connectivity index (χ4n) is 2.49. The zero-order valence-corrected chi connectivity index (χ0v) is 11.9. The molecule has 3 nitrogen and oxygen atoms in total. The summed E-state index contributed by atoms with van der Waals surface area (Å²) in [6.45, 7) is 2.17. The van der Waals surface area contributed by atoms with E-state index in [4.69, 9.17) is 10.7 Å². The summed E-state index contributed by atoms with van der Waals surface area (Å²) in [5.74, 6) is 1.08. The van der Waals surface area contributed by atoms with Crippen molar-refractivity contribution < 1.29 is 0 Å². The van der Waals surface area contributed by atoms with Crippen molar-refractivity contribution in [3.63, 3.8) is 0 Å². The van der Waals surface area contributed by atoms with Gasteiger partial charge in [-0.25, -0.2) is 4.98 Å². The Morgan fingerprint density at radius 2 is 1.75 bits per heavy atom. The molecular weight excluding hydrogens is 246 g/mol. The predicted octanol–water partition coefficient (Wildman–Crippen LogP) is 3.31. The van der Waals surface area contributed by atoms with Gasteiger partial charge in [0.25, 0.3) is 0 Å².